The molecule has 1 N–H and O–H groups in total. The maximum absolute atomic E-state index is 11.6. The van der Waals surface area contributed by atoms with Crippen molar-refractivity contribution in [3.63, 3.8) is 0 Å². The molecule has 0 spiro atoms. The van der Waals surface area contributed by atoms with Gasteiger partial charge >= 0.3 is 5.97 Å². The number of hydrogen-bond donors (Lipinski definition) is 1. The maximum atomic E-state index is 11.6. The molecule has 1 heterocycles. The number of nitrogens with zero attached hydrogens (tertiary/aromatic N) is 2. The lowest BCUT2D eigenvalue weighted by Crippen LogP contribution is -2.42. The lowest BCUT2D eigenvalue weighted by molar-refractivity contribution is -0.143. The molecule has 0 saturated heterocycles. The maximum Gasteiger partial charge on any atom is 0.322 e. The molecule has 1 aromatic heterocycles. The highest BCUT2D eigenvalue weighted by molar-refractivity contribution is 5.75. The zero-order chi connectivity index (χ0) is 12.8. The summed E-state index contributed by atoms with van der Waals surface area (Å²) in [7, 11) is 1.41. The van der Waals surface area contributed by atoms with E-state index in [9.17, 15) is 4.79 Å². The molecule has 17 heavy (non-hydrogen) atoms. The van der Waals surface area contributed by atoms with Gasteiger partial charge in [-0.05, 0) is 19.4 Å². The summed E-state index contributed by atoms with van der Waals surface area (Å²) < 4.78 is 6.67. The van der Waals surface area contributed by atoms with Gasteiger partial charge in [0, 0.05) is 24.5 Å². The minimum atomic E-state index is -0.274. The molecule has 96 valence electrons. The van der Waals surface area contributed by atoms with Crippen molar-refractivity contribution in [2.75, 3.05) is 7.11 Å². The third-order valence-corrected chi connectivity index (χ3v) is 2.58. The third-order valence-electron chi connectivity index (χ3n) is 2.58. The van der Waals surface area contributed by atoms with E-state index in [1.165, 1.54) is 7.11 Å². The number of carbonyl (C=O) groups excluding carboxylic acids is 1. The normalized spacial score (nSPS) is 12.8. The van der Waals surface area contributed by atoms with Crippen molar-refractivity contribution in [2.45, 2.75) is 45.8 Å². The van der Waals surface area contributed by atoms with Crippen LogP contribution in [0.3, 0.4) is 0 Å². The van der Waals surface area contributed by atoms with Crippen molar-refractivity contribution in [3.8, 4) is 0 Å². The number of rotatable bonds is 6. The topological polar surface area (TPSA) is 56.2 Å². The van der Waals surface area contributed by atoms with E-state index in [4.69, 9.17) is 4.74 Å². The molecule has 0 aliphatic carbocycles. The van der Waals surface area contributed by atoms with Crippen LogP contribution >= 0.6 is 0 Å². The summed E-state index contributed by atoms with van der Waals surface area (Å²) in [6, 6.07) is 1.92. The SMILES string of the molecule is COC(=O)C(CCn1nccc1C)NC(C)C. The van der Waals surface area contributed by atoms with Gasteiger partial charge in [0.25, 0.3) is 0 Å². The van der Waals surface area contributed by atoms with Crippen molar-refractivity contribution in [3.05, 3.63) is 18.0 Å². The van der Waals surface area contributed by atoms with Gasteiger partial charge in [-0.25, -0.2) is 0 Å². The molecule has 0 bridgehead atoms. The van der Waals surface area contributed by atoms with Crippen molar-refractivity contribution in [1.82, 2.24) is 15.1 Å². The fourth-order valence-corrected chi connectivity index (χ4v) is 1.70. The summed E-state index contributed by atoms with van der Waals surface area (Å²) in [5.74, 6) is -0.219. The predicted octanol–water partition coefficient (Wildman–Crippen LogP) is 1.12. The van der Waals surface area contributed by atoms with Gasteiger partial charge in [-0.15, -0.1) is 0 Å². The first-order valence-electron chi connectivity index (χ1n) is 5.87. The summed E-state index contributed by atoms with van der Waals surface area (Å²) in [5.41, 5.74) is 1.10. The number of nitrogens with one attached hydrogen (secondary N) is 1. The van der Waals surface area contributed by atoms with Gasteiger partial charge in [0.2, 0.25) is 0 Å². The molecule has 1 aromatic rings. The Labute approximate surface area is 102 Å². The van der Waals surface area contributed by atoms with Crippen LogP contribution in [0.5, 0.6) is 0 Å². The Balaban J connectivity index is 2.55. The highest BCUT2D eigenvalue weighted by Gasteiger charge is 2.19. The van der Waals surface area contributed by atoms with Crippen LogP contribution < -0.4 is 5.32 Å². The molecule has 1 atom stereocenters. The molecule has 1 unspecified atom stereocenters. The van der Waals surface area contributed by atoms with Gasteiger partial charge in [-0.1, -0.05) is 13.8 Å². The van der Waals surface area contributed by atoms with Gasteiger partial charge in [-0.2, -0.15) is 5.10 Å². The van der Waals surface area contributed by atoms with Crippen LogP contribution in [0.25, 0.3) is 0 Å². The number of aryl methyl sites for hydroxylation is 2. The quantitative estimate of drug-likeness (QED) is 0.756. The summed E-state index contributed by atoms with van der Waals surface area (Å²) in [4.78, 5) is 11.6. The summed E-state index contributed by atoms with van der Waals surface area (Å²) in [5, 5.41) is 7.39. The average molecular weight is 239 g/mol. The Morgan fingerprint density at radius 2 is 2.29 bits per heavy atom. The summed E-state index contributed by atoms with van der Waals surface area (Å²) >= 11 is 0. The van der Waals surface area contributed by atoms with Gasteiger partial charge in [0.15, 0.2) is 0 Å². The van der Waals surface area contributed by atoms with E-state index >= 15 is 0 Å². The molecule has 5 nitrogen and oxygen atoms in total. The van der Waals surface area contributed by atoms with Crippen LogP contribution in [-0.2, 0) is 16.1 Å². The average Bonchev–Trinajstić information content (AvgIpc) is 2.68. The van der Waals surface area contributed by atoms with Gasteiger partial charge < -0.3 is 10.1 Å². The highest BCUT2D eigenvalue weighted by atomic mass is 16.5. The smallest absolute Gasteiger partial charge is 0.322 e. The standard InChI is InChI=1S/C12H21N3O2/c1-9(2)14-11(12(16)17-4)6-8-15-10(3)5-7-13-15/h5,7,9,11,14H,6,8H2,1-4H3. The molecule has 0 aliphatic heterocycles. The fourth-order valence-electron chi connectivity index (χ4n) is 1.70. The van der Waals surface area contributed by atoms with Crippen molar-refractivity contribution >= 4 is 5.97 Å². The summed E-state index contributed by atoms with van der Waals surface area (Å²) in [6.45, 7) is 6.72. The van der Waals surface area contributed by atoms with E-state index in [-0.39, 0.29) is 18.1 Å². The second kappa shape index (κ2) is 6.39. The zero-order valence-corrected chi connectivity index (χ0v) is 10.9. The largest absolute Gasteiger partial charge is 0.468 e. The Morgan fingerprint density at radius 3 is 2.76 bits per heavy atom. The molecule has 0 saturated carbocycles. The van der Waals surface area contributed by atoms with Gasteiger partial charge in [0.05, 0.1) is 7.11 Å². The van der Waals surface area contributed by atoms with Crippen molar-refractivity contribution < 1.29 is 9.53 Å². The van der Waals surface area contributed by atoms with E-state index in [1.54, 1.807) is 6.20 Å². The van der Waals surface area contributed by atoms with Crippen molar-refractivity contribution in [2.24, 2.45) is 0 Å². The fraction of sp³-hybridized carbons (Fsp3) is 0.667. The predicted molar refractivity (Wildman–Crippen MR) is 65.7 cm³/mol. The van der Waals surface area contributed by atoms with E-state index in [0.717, 1.165) is 5.69 Å². The Morgan fingerprint density at radius 1 is 1.59 bits per heavy atom. The Bertz CT molecular complexity index is 360. The van der Waals surface area contributed by atoms with E-state index in [1.807, 2.05) is 31.5 Å². The minimum Gasteiger partial charge on any atom is -0.468 e. The Hall–Kier alpha value is -1.36. The number of hydrogen-bond acceptors (Lipinski definition) is 4. The zero-order valence-electron chi connectivity index (χ0n) is 10.9. The van der Waals surface area contributed by atoms with Crippen LogP contribution in [0.2, 0.25) is 0 Å². The number of carbonyl (C=O) groups is 1. The second-order valence-corrected chi connectivity index (χ2v) is 4.38. The summed E-state index contributed by atoms with van der Waals surface area (Å²) in [6.07, 6.45) is 2.44. The number of aromatic nitrogens is 2. The second-order valence-electron chi connectivity index (χ2n) is 4.38. The van der Waals surface area contributed by atoms with E-state index < -0.39 is 0 Å². The molecule has 0 aliphatic rings. The van der Waals surface area contributed by atoms with E-state index in [2.05, 4.69) is 10.4 Å². The molecule has 5 heteroatoms. The molecule has 0 amide bonds. The van der Waals surface area contributed by atoms with Crippen LogP contribution in [0.4, 0.5) is 0 Å². The molecule has 1 rings (SSSR count). The van der Waals surface area contributed by atoms with Crippen LogP contribution in [0.15, 0.2) is 12.3 Å². The molecular weight excluding hydrogens is 218 g/mol. The van der Waals surface area contributed by atoms with Crippen LogP contribution in [0.1, 0.15) is 26.0 Å². The Kier molecular flexibility index (Phi) is 5.15. The molecule has 0 radical (unpaired) electrons. The highest BCUT2D eigenvalue weighted by Crippen LogP contribution is 2.03. The minimum absolute atomic E-state index is 0.219. The number of esters is 1. The van der Waals surface area contributed by atoms with Gasteiger partial charge in [-0.3, -0.25) is 9.48 Å². The third kappa shape index (κ3) is 4.19. The molecule has 0 fully saturated rings. The number of ether oxygens (including phenoxy) is 1. The van der Waals surface area contributed by atoms with Crippen LogP contribution in [0, 0.1) is 6.92 Å². The first-order valence-corrected chi connectivity index (χ1v) is 5.87. The first kappa shape index (κ1) is 13.7. The van der Waals surface area contributed by atoms with Crippen molar-refractivity contribution in [1.29, 1.82) is 0 Å². The van der Waals surface area contributed by atoms with E-state index in [0.29, 0.717) is 13.0 Å². The molecular formula is C12H21N3O2. The molecule has 0 aromatic carbocycles. The number of methoxy groups -OCH3 is 1. The monoisotopic (exact) mass is 239 g/mol. The van der Waals surface area contributed by atoms with Gasteiger partial charge in [0.1, 0.15) is 6.04 Å². The lowest BCUT2D eigenvalue weighted by atomic mass is 10.2. The van der Waals surface area contributed by atoms with Crippen LogP contribution in [-0.4, -0.2) is 34.9 Å². The lowest BCUT2D eigenvalue weighted by Gasteiger charge is -2.19. The first-order chi connectivity index (χ1) is 8.04.